The number of nitrogens with one attached hydrogen (secondary N) is 1. The van der Waals surface area contributed by atoms with Crippen molar-refractivity contribution in [3.63, 3.8) is 0 Å². The minimum atomic E-state index is -3.59. The molecule has 3 rings (SSSR count). The second kappa shape index (κ2) is 8.54. The van der Waals surface area contributed by atoms with E-state index in [2.05, 4.69) is 15.5 Å². The summed E-state index contributed by atoms with van der Waals surface area (Å²) in [5.74, 6) is 0.157. The summed E-state index contributed by atoms with van der Waals surface area (Å²) in [7, 11) is -2.22. The lowest BCUT2D eigenvalue weighted by atomic mass is 10.1. The molecule has 152 valence electrons. The Morgan fingerprint density at radius 3 is 2.41 bits per heavy atom. The number of sulfonamides is 1. The molecular weight excluding hydrogens is 392 g/mol. The van der Waals surface area contributed by atoms with E-state index in [1.165, 1.54) is 7.05 Å². The number of nitrogens with zero attached hydrogens (tertiary/aromatic N) is 3. The summed E-state index contributed by atoms with van der Waals surface area (Å²) in [6.07, 6.45) is 1.06. The highest BCUT2D eigenvalue weighted by atomic mass is 32.2. The first-order valence-corrected chi connectivity index (χ1v) is 10.8. The fourth-order valence-electron chi connectivity index (χ4n) is 2.76. The number of aryl methyl sites for hydroxylation is 1. The van der Waals surface area contributed by atoms with E-state index in [9.17, 15) is 13.2 Å². The first-order chi connectivity index (χ1) is 13.8. The highest BCUT2D eigenvalue weighted by Crippen LogP contribution is 2.22. The monoisotopic (exact) mass is 414 g/mol. The number of benzene rings is 2. The molecule has 1 aromatic heterocycles. The Bertz CT molecular complexity index is 1080. The molecule has 1 heterocycles. The molecule has 0 saturated carbocycles. The zero-order valence-electron chi connectivity index (χ0n) is 16.4. The lowest BCUT2D eigenvalue weighted by Gasteiger charge is -2.25. The third-order valence-electron chi connectivity index (χ3n) is 4.44. The molecule has 1 N–H and O–H groups in total. The van der Waals surface area contributed by atoms with Gasteiger partial charge in [-0.15, -0.1) is 0 Å². The molecule has 2 aromatic carbocycles. The number of amides is 1. The van der Waals surface area contributed by atoms with Gasteiger partial charge in [-0.1, -0.05) is 65.3 Å². The van der Waals surface area contributed by atoms with E-state index in [-0.39, 0.29) is 12.4 Å². The normalized spacial score (nSPS) is 12.7. The number of hydrogen-bond donors (Lipinski definition) is 1. The van der Waals surface area contributed by atoms with Crippen molar-refractivity contribution in [1.29, 1.82) is 0 Å². The van der Waals surface area contributed by atoms with Crippen molar-refractivity contribution < 1.29 is 17.7 Å². The Balaban J connectivity index is 1.74. The lowest BCUT2D eigenvalue weighted by molar-refractivity contribution is -0.125. The number of aromatic nitrogens is 2. The van der Waals surface area contributed by atoms with Crippen LogP contribution in [0.2, 0.25) is 0 Å². The number of hydrogen-bond acceptors (Lipinski definition) is 6. The van der Waals surface area contributed by atoms with Crippen LogP contribution in [0.4, 0.5) is 0 Å². The van der Waals surface area contributed by atoms with Gasteiger partial charge in [-0.05, 0) is 12.5 Å². The van der Waals surface area contributed by atoms with Crippen LogP contribution in [0, 0.1) is 6.92 Å². The first kappa shape index (κ1) is 20.7. The lowest BCUT2D eigenvalue weighted by Crippen LogP contribution is -2.41. The van der Waals surface area contributed by atoms with E-state index in [0.717, 1.165) is 21.7 Å². The Morgan fingerprint density at radius 2 is 1.79 bits per heavy atom. The predicted octanol–water partition coefficient (Wildman–Crippen LogP) is 2.29. The van der Waals surface area contributed by atoms with Gasteiger partial charge < -0.3 is 9.84 Å². The van der Waals surface area contributed by atoms with Crippen molar-refractivity contribution in [3.8, 4) is 11.4 Å². The number of carbonyl (C=O) groups is 1. The molecule has 0 radical (unpaired) electrons. The topological polar surface area (TPSA) is 105 Å². The van der Waals surface area contributed by atoms with E-state index in [1.54, 1.807) is 30.3 Å². The van der Waals surface area contributed by atoms with Crippen molar-refractivity contribution in [2.24, 2.45) is 0 Å². The van der Waals surface area contributed by atoms with E-state index in [0.29, 0.717) is 11.4 Å². The van der Waals surface area contributed by atoms with Crippen LogP contribution in [0.5, 0.6) is 0 Å². The summed E-state index contributed by atoms with van der Waals surface area (Å²) < 4.78 is 30.3. The molecule has 3 aromatic rings. The van der Waals surface area contributed by atoms with Crippen LogP contribution in [0.3, 0.4) is 0 Å². The van der Waals surface area contributed by atoms with E-state index >= 15 is 0 Å². The van der Waals surface area contributed by atoms with E-state index in [4.69, 9.17) is 4.52 Å². The third-order valence-corrected chi connectivity index (χ3v) is 5.70. The largest absolute Gasteiger partial charge is 0.345 e. The van der Waals surface area contributed by atoms with Gasteiger partial charge in [-0.25, -0.2) is 8.42 Å². The molecule has 0 fully saturated rings. The van der Waals surface area contributed by atoms with Gasteiger partial charge in [-0.2, -0.15) is 9.29 Å². The fourth-order valence-corrected chi connectivity index (χ4v) is 3.36. The molecular formula is C20H22N4O4S. The zero-order valence-corrected chi connectivity index (χ0v) is 17.2. The number of carbonyl (C=O) groups excluding carboxylic acids is 1. The maximum atomic E-state index is 12.8. The molecule has 8 nitrogen and oxygen atoms in total. The Kier molecular flexibility index (Phi) is 6.09. The summed E-state index contributed by atoms with van der Waals surface area (Å²) in [5.41, 5.74) is 2.48. The van der Waals surface area contributed by atoms with Gasteiger partial charge in [0.2, 0.25) is 27.6 Å². The summed E-state index contributed by atoms with van der Waals surface area (Å²) in [6, 6.07) is 15.3. The highest BCUT2D eigenvalue weighted by Gasteiger charge is 2.30. The second-order valence-electron chi connectivity index (χ2n) is 6.69. The van der Waals surface area contributed by atoms with Gasteiger partial charge in [0.15, 0.2) is 0 Å². The molecule has 0 unspecified atom stereocenters. The van der Waals surface area contributed by atoms with Crippen LogP contribution in [-0.4, -0.2) is 42.1 Å². The minimum absolute atomic E-state index is 0.0152. The standard InChI is InChI=1S/C20H22N4O4S/c1-14-9-11-16(12-10-14)19-22-17(28-23-19)13-21-20(25)18(24(2)29(3,26)27)15-7-5-4-6-8-15/h4-12,18H,13H2,1-3H3,(H,21,25)/t18-/m1/s1. The molecule has 1 atom stereocenters. The van der Waals surface area contributed by atoms with Gasteiger partial charge in [0.05, 0.1) is 12.8 Å². The average Bonchev–Trinajstić information content (AvgIpc) is 3.16. The summed E-state index contributed by atoms with van der Waals surface area (Å²) in [4.78, 5) is 17.1. The van der Waals surface area contributed by atoms with Crippen molar-refractivity contribution in [1.82, 2.24) is 19.8 Å². The summed E-state index contributed by atoms with van der Waals surface area (Å²) >= 11 is 0. The molecule has 0 saturated heterocycles. The number of likely N-dealkylation sites (N-methyl/N-ethyl adjacent to an activating group) is 1. The van der Waals surface area contributed by atoms with Crippen molar-refractivity contribution in [2.45, 2.75) is 19.5 Å². The van der Waals surface area contributed by atoms with Crippen LogP contribution >= 0.6 is 0 Å². The average molecular weight is 414 g/mol. The summed E-state index contributed by atoms with van der Waals surface area (Å²) in [6.45, 7) is 1.97. The van der Waals surface area contributed by atoms with Gasteiger partial charge in [0.1, 0.15) is 6.04 Å². The van der Waals surface area contributed by atoms with Crippen molar-refractivity contribution in [3.05, 3.63) is 71.6 Å². The van der Waals surface area contributed by atoms with Gasteiger partial charge in [-0.3, -0.25) is 4.79 Å². The predicted molar refractivity (Wildman–Crippen MR) is 108 cm³/mol. The Hall–Kier alpha value is -3.04. The highest BCUT2D eigenvalue weighted by molar-refractivity contribution is 7.88. The van der Waals surface area contributed by atoms with Crippen LogP contribution in [0.1, 0.15) is 23.1 Å². The van der Waals surface area contributed by atoms with Crippen LogP contribution in [0.15, 0.2) is 59.1 Å². The molecule has 0 spiro atoms. The van der Waals surface area contributed by atoms with Crippen LogP contribution < -0.4 is 5.32 Å². The molecule has 0 aliphatic rings. The molecule has 29 heavy (non-hydrogen) atoms. The van der Waals surface area contributed by atoms with Crippen LogP contribution in [0.25, 0.3) is 11.4 Å². The maximum Gasteiger partial charge on any atom is 0.246 e. The summed E-state index contributed by atoms with van der Waals surface area (Å²) in [5, 5.41) is 6.61. The van der Waals surface area contributed by atoms with Crippen molar-refractivity contribution in [2.75, 3.05) is 13.3 Å². The van der Waals surface area contributed by atoms with Gasteiger partial charge in [0, 0.05) is 12.6 Å². The molecule has 1 amide bonds. The SMILES string of the molecule is Cc1ccc(-c2noc(CNC(=O)[C@@H](c3ccccc3)N(C)S(C)(=O)=O)n2)cc1. The van der Waals surface area contributed by atoms with Crippen molar-refractivity contribution >= 4 is 15.9 Å². The number of rotatable bonds is 7. The molecule has 0 aliphatic carbocycles. The smallest absolute Gasteiger partial charge is 0.246 e. The zero-order chi connectivity index (χ0) is 21.0. The molecule has 0 aliphatic heterocycles. The minimum Gasteiger partial charge on any atom is -0.345 e. The quantitative estimate of drug-likeness (QED) is 0.636. The molecule has 9 heteroatoms. The maximum absolute atomic E-state index is 12.8. The van der Waals surface area contributed by atoms with Gasteiger partial charge >= 0.3 is 0 Å². The molecule has 0 bridgehead atoms. The Labute approximate surface area is 169 Å². The first-order valence-electron chi connectivity index (χ1n) is 8.91. The van der Waals surface area contributed by atoms with E-state index in [1.807, 2.05) is 31.2 Å². The second-order valence-corrected chi connectivity index (χ2v) is 8.73. The fraction of sp³-hybridized carbons (Fsp3) is 0.250. The van der Waals surface area contributed by atoms with Crippen LogP contribution in [-0.2, 0) is 21.4 Å². The van der Waals surface area contributed by atoms with E-state index < -0.39 is 22.0 Å². The third kappa shape index (κ3) is 5.07. The van der Waals surface area contributed by atoms with Gasteiger partial charge in [0.25, 0.3) is 0 Å². The Morgan fingerprint density at radius 1 is 1.14 bits per heavy atom.